The summed E-state index contributed by atoms with van der Waals surface area (Å²) in [6, 6.07) is 16.7. The number of hydrogen-bond donors (Lipinski definition) is 0. The normalized spacial score (nSPS) is 12.1. The molecule has 0 saturated heterocycles. The summed E-state index contributed by atoms with van der Waals surface area (Å²) in [6.07, 6.45) is 5.39. The summed E-state index contributed by atoms with van der Waals surface area (Å²) in [4.78, 5) is 9.87. The molecule has 0 saturated carbocycles. The first kappa shape index (κ1) is 20.0. The van der Waals surface area contributed by atoms with E-state index >= 15 is 0 Å². The zero-order valence-corrected chi connectivity index (χ0v) is 18.4. The molecule has 0 unspecified atom stereocenters. The van der Waals surface area contributed by atoms with Gasteiger partial charge in [0.2, 0.25) is 4.80 Å². The molecule has 0 amide bonds. The van der Waals surface area contributed by atoms with Crippen molar-refractivity contribution in [3.05, 3.63) is 98.9 Å². The molecule has 4 rings (SSSR count). The first-order valence-electron chi connectivity index (χ1n) is 9.86. The first-order chi connectivity index (χ1) is 14.5. The largest absolute Gasteiger partial charge is 0.265 e. The third-order valence-electron chi connectivity index (χ3n) is 5.10. The Hall–Kier alpha value is -3.31. The van der Waals surface area contributed by atoms with Crippen LogP contribution in [0.25, 0.3) is 11.3 Å². The number of pyridine rings is 1. The maximum absolute atomic E-state index is 4.96. The van der Waals surface area contributed by atoms with Crippen molar-refractivity contribution < 1.29 is 0 Å². The maximum atomic E-state index is 4.96. The molecule has 0 atom stereocenters. The van der Waals surface area contributed by atoms with Crippen LogP contribution in [0.3, 0.4) is 0 Å². The van der Waals surface area contributed by atoms with Crippen LogP contribution in [0.2, 0.25) is 0 Å². The van der Waals surface area contributed by atoms with Gasteiger partial charge < -0.3 is 0 Å². The molecule has 0 aliphatic carbocycles. The van der Waals surface area contributed by atoms with E-state index in [4.69, 9.17) is 10.1 Å². The van der Waals surface area contributed by atoms with Gasteiger partial charge in [0, 0.05) is 23.3 Å². The lowest BCUT2D eigenvalue weighted by Crippen LogP contribution is -2.11. The van der Waals surface area contributed by atoms with E-state index in [2.05, 4.69) is 74.5 Å². The number of aromatic nitrogens is 2. The summed E-state index contributed by atoms with van der Waals surface area (Å²) in [5, 5.41) is 6.92. The lowest BCUT2D eigenvalue weighted by Gasteiger charge is -2.07. The molecule has 2 heterocycles. The van der Waals surface area contributed by atoms with E-state index < -0.39 is 0 Å². The van der Waals surface area contributed by atoms with E-state index in [1.807, 2.05) is 23.0 Å². The fourth-order valence-electron chi connectivity index (χ4n) is 3.10. The summed E-state index contributed by atoms with van der Waals surface area (Å²) < 4.78 is 1.93. The van der Waals surface area contributed by atoms with Crippen LogP contribution in [0.5, 0.6) is 0 Å². The zero-order valence-electron chi connectivity index (χ0n) is 17.6. The Morgan fingerprint density at radius 2 is 1.63 bits per heavy atom. The van der Waals surface area contributed by atoms with E-state index in [1.54, 1.807) is 23.7 Å². The molecule has 0 radical (unpaired) electrons. The van der Waals surface area contributed by atoms with Gasteiger partial charge in [-0.05, 0) is 79.8 Å². The Kier molecular flexibility index (Phi) is 5.72. The summed E-state index contributed by atoms with van der Waals surface area (Å²) >= 11 is 1.60. The maximum Gasteiger partial charge on any atom is 0.211 e. The third-order valence-corrected chi connectivity index (χ3v) is 5.91. The monoisotopic (exact) mass is 412 g/mol. The molecule has 0 bridgehead atoms. The van der Waals surface area contributed by atoms with Crippen LogP contribution < -0.4 is 4.80 Å². The average Bonchev–Trinajstić information content (AvgIpc) is 3.14. The second-order valence-corrected chi connectivity index (χ2v) is 8.28. The Morgan fingerprint density at radius 1 is 0.867 bits per heavy atom. The van der Waals surface area contributed by atoms with Gasteiger partial charge in [-0.2, -0.15) is 5.10 Å². The molecule has 0 spiro atoms. The summed E-state index contributed by atoms with van der Waals surface area (Å²) in [5.74, 6) is 0. The highest BCUT2D eigenvalue weighted by Gasteiger charge is 2.09. The van der Waals surface area contributed by atoms with Crippen LogP contribution in [-0.4, -0.2) is 15.9 Å². The molecular weight excluding hydrogens is 388 g/mol. The van der Waals surface area contributed by atoms with E-state index in [1.165, 1.54) is 16.7 Å². The number of aryl methyl sites for hydroxylation is 4. The minimum Gasteiger partial charge on any atom is -0.265 e. The van der Waals surface area contributed by atoms with Crippen molar-refractivity contribution >= 4 is 23.2 Å². The number of nitrogens with zero attached hydrogens (tertiary/aromatic N) is 4. The van der Waals surface area contributed by atoms with Crippen LogP contribution >= 0.6 is 11.3 Å². The molecule has 0 fully saturated rings. The van der Waals surface area contributed by atoms with Crippen LogP contribution in [0.1, 0.15) is 27.8 Å². The van der Waals surface area contributed by atoms with Gasteiger partial charge in [0.1, 0.15) is 0 Å². The summed E-state index contributed by atoms with van der Waals surface area (Å²) in [5.41, 5.74) is 8.99. The molecule has 5 heteroatoms. The van der Waals surface area contributed by atoms with Crippen molar-refractivity contribution in [2.75, 3.05) is 0 Å². The fraction of sp³-hybridized carbons (Fsp3) is 0.160. The van der Waals surface area contributed by atoms with Crippen molar-refractivity contribution in [1.29, 1.82) is 0 Å². The first-order valence-corrected chi connectivity index (χ1v) is 10.7. The van der Waals surface area contributed by atoms with Crippen LogP contribution in [0.15, 0.2) is 76.4 Å². The fourth-order valence-corrected chi connectivity index (χ4v) is 3.95. The number of rotatable bonds is 4. The van der Waals surface area contributed by atoms with Crippen LogP contribution in [-0.2, 0) is 0 Å². The van der Waals surface area contributed by atoms with Gasteiger partial charge in [-0.15, -0.1) is 11.3 Å². The van der Waals surface area contributed by atoms with Gasteiger partial charge >= 0.3 is 0 Å². The van der Waals surface area contributed by atoms with Gasteiger partial charge in [0.25, 0.3) is 0 Å². The van der Waals surface area contributed by atoms with Gasteiger partial charge in [-0.25, -0.2) is 9.67 Å². The molecule has 4 aromatic rings. The van der Waals surface area contributed by atoms with Crippen molar-refractivity contribution in [2.24, 2.45) is 10.1 Å². The average molecular weight is 413 g/mol. The minimum atomic E-state index is 0.835. The molecule has 0 aliphatic rings. The van der Waals surface area contributed by atoms with Crippen molar-refractivity contribution in [2.45, 2.75) is 27.7 Å². The Bertz CT molecular complexity index is 1280. The SMILES string of the molecule is Cc1ccc(C)c(N=c2scc(-c3ccc(C)c(C)c3)n2N=Cc2ccncc2)c1. The number of thiazole rings is 1. The van der Waals surface area contributed by atoms with Gasteiger partial charge in [-0.3, -0.25) is 4.98 Å². The quantitative estimate of drug-likeness (QED) is 0.381. The lowest BCUT2D eigenvalue weighted by molar-refractivity contribution is 0.854. The smallest absolute Gasteiger partial charge is 0.211 e. The van der Waals surface area contributed by atoms with Crippen molar-refractivity contribution in [3.8, 4) is 11.3 Å². The predicted molar refractivity (Wildman–Crippen MR) is 126 cm³/mol. The van der Waals surface area contributed by atoms with Gasteiger partial charge in [0.05, 0.1) is 17.6 Å². The topological polar surface area (TPSA) is 42.5 Å². The number of hydrogen-bond acceptors (Lipinski definition) is 4. The Morgan fingerprint density at radius 3 is 2.40 bits per heavy atom. The Labute approximate surface area is 180 Å². The van der Waals surface area contributed by atoms with Crippen LogP contribution in [0, 0.1) is 27.7 Å². The molecule has 0 aliphatic heterocycles. The highest BCUT2D eigenvalue weighted by molar-refractivity contribution is 7.07. The van der Waals surface area contributed by atoms with Crippen LogP contribution in [0.4, 0.5) is 5.69 Å². The highest BCUT2D eigenvalue weighted by Crippen LogP contribution is 2.24. The summed E-state index contributed by atoms with van der Waals surface area (Å²) in [6.45, 7) is 8.44. The van der Waals surface area contributed by atoms with Crippen molar-refractivity contribution in [3.63, 3.8) is 0 Å². The number of benzene rings is 2. The molecule has 2 aromatic carbocycles. The summed E-state index contributed by atoms with van der Waals surface area (Å²) in [7, 11) is 0. The predicted octanol–water partition coefficient (Wildman–Crippen LogP) is 5.96. The van der Waals surface area contributed by atoms with Gasteiger partial charge in [0.15, 0.2) is 0 Å². The van der Waals surface area contributed by atoms with Crippen molar-refractivity contribution in [1.82, 2.24) is 9.66 Å². The van der Waals surface area contributed by atoms with E-state index in [0.717, 1.165) is 32.9 Å². The molecule has 0 N–H and O–H groups in total. The molecular formula is C25H24N4S. The van der Waals surface area contributed by atoms with Gasteiger partial charge in [-0.1, -0.05) is 24.3 Å². The molecule has 4 nitrogen and oxygen atoms in total. The Balaban J connectivity index is 1.89. The molecule has 150 valence electrons. The molecule has 30 heavy (non-hydrogen) atoms. The standard InChI is InChI=1S/C25H24N4S/c1-17-5-6-19(3)23(13-17)28-25-29(27-15-21-9-11-26-12-10-21)24(16-30-25)22-8-7-18(2)20(4)14-22/h5-16H,1-4H3. The van der Waals surface area contributed by atoms with E-state index in [9.17, 15) is 0 Å². The second kappa shape index (κ2) is 8.59. The minimum absolute atomic E-state index is 0.835. The third kappa shape index (κ3) is 4.31. The molecule has 2 aromatic heterocycles. The zero-order chi connectivity index (χ0) is 21.1. The lowest BCUT2D eigenvalue weighted by atomic mass is 10.1. The highest BCUT2D eigenvalue weighted by atomic mass is 32.1. The van der Waals surface area contributed by atoms with E-state index in [-0.39, 0.29) is 0 Å². The second-order valence-electron chi connectivity index (χ2n) is 7.44. The van der Waals surface area contributed by atoms with E-state index in [0.29, 0.717) is 0 Å².